The molecule has 2 aromatic carbocycles. The van der Waals surface area contributed by atoms with E-state index in [1.165, 1.54) is 18.2 Å². The summed E-state index contributed by atoms with van der Waals surface area (Å²) in [5, 5.41) is 23.0. The van der Waals surface area contributed by atoms with Gasteiger partial charge in [0.25, 0.3) is 5.91 Å². The summed E-state index contributed by atoms with van der Waals surface area (Å²) in [4.78, 5) is 12.1. The van der Waals surface area contributed by atoms with Crippen molar-refractivity contribution in [3.8, 4) is 5.75 Å². The van der Waals surface area contributed by atoms with Crippen LogP contribution in [-0.4, -0.2) is 26.4 Å². The van der Waals surface area contributed by atoms with Gasteiger partial charge in [-0.15, -0.1) is 0 Å². The number of nitrogens with one attached hydrogen (secondary N) is 2. The number of phenolic OH excluding ortho intramolecular Hbond substituents is 1. The second-order valence-electron chi connectivity index (χ2n) is 4.14. The number of phenols is 1. The van der Waals surface area contributed by atoms with E-state index in [1.807, 2.05) is 0 Å². The van der Waals surface area contributed by atoms with E-state index in [-0.39, 0.29) is 17.3 Å². The summed E-state index contributed by atoms with van der Waals surface area (Å²) in [6, 6.07) is 9.35. The first kappa shape index (κ1) is 12.4. The Bertz CT molecular complexity index is 800. The molecule has 1 heterocycles. The molecule has 3 aromatic rings. The molecule has 0 saturated carbocycles. The SMILES string of the molecule is O=C(Nc1cc(Cl)ccc1O)c1ccc2n[nH]nc2c1. The minimum atomic E-state index is -0.368. The van der Waals surface area contributed by atoms with Crippen molar-refractivity contribution in [2.24, 2.45) is 0 Å². The lowest BCUT2D eigenvalue weighted by molar-refractivity contribution is 0.102. The van der Waals surface area contributed by atoms with Crippen LogP contribution in [0.5, 0.6) is 5.75 Å². The van der Waals surface area contributed by atoms with Crippen LogP contribution in [0.15, 0.2) is 36.4 Å². The fourth-order valence-electron chi connectivity index (χ4n) is 1.78. The quantitative estimate of drug-likeness (QED) is 0.632. The van der Waals surface area contributed by atoms with Crippen LogP contribution < -0.4 is 5.32 Å². The summed E-state index contributed by atoms with van der Waals surface area (Å²) in [5.74, 6) is -0.419. The molecule has 7 heteroatoms. The van der Waals surface area contributed by atoms with Crippen LogP contribution in [0.3, 0.4) is 0 Å². The second kappa shape index (κ2) is 4.82. The number of carbonyl (C=O) groups excluding carboxylic acids is 1. The van der Waals surface area contributed by atoms with Crippen LogP contribution in [0.4, 0.5) is 5.69 Å². The van der Waals surface area contributed by atoms with Crippen molar-refractivity contribution >= 4 is 34.2 Å². The van der Waals surface area contributed by atoms with Crippen molar-refractivity contribution in [2.75, 3.05) is 5.32 Å². The number of rotatable bonds is 2. The number of nitrogens with zero attached hydrogens (tertiary/aromatic N) is 2. The molecule has 6 nitrogen and oxygen atoms in total. The van der Waals surface area contributed by atoms with Crippen LogP contribution in [-0.2, 0) is 0 Å². The van der Waals surface area contributed by atoms with Crippen LogP contribution >= 0.6 is 11.6 Å². The molecular formula is C13H9ClN4O2. The minimum Gasteiger partial charge on any atom is -0.506 e. The summed E-state index contributed by atoms with van der Waals surface area (Å²) in [5.41, 5.74) is 1.92. The Kier molecular flexibility index (Phi) is 3.00. The van der Waals surface area contributed by atoms with Crippen molar-refractivity contribution in [3.63, 3.8) is 0 Å². The van der Waals surface area contributed by atoms with E-state index in [2.05, 4.69) is 20.7 Å². The highest BCUT2D eigenvalue weighted by molar-refractivity contribution is 6.31. The van der Waals surface area contributed by atoms with Gasteiger partial charge in [0.05, 0.1) is 5.69 Å². The first-order chi connectivity index (χ1) is 9.63. The Hall–Kier alpha value is -2.60. The molecule has 0 saturated heterocycles. The lowest BCUT2D eigenvalue weighted by Crippen LogP contribution is -2.11. The summed E-state index contributed by atoms with van der Waals surface area (Å²) in [7, 11) is 0. The molecule has 0 fully saturated rings. The van der Waals surface area contributed by atoms with Gasteiger partial charge >= 0.3 is 0 Å². The Labute approximate surface area is 118 Å². The largest absolute Gasteiger partial charge is 0.506 e. The smallest absolute Gasteiger partial charge is 0.255 e. The number of aromatic amines is 1. The number of aromatic nitrogens is 3. The van der Waals surface area contributed by atoms with Gasteiger partial charge < -0.3 is 10.4 Å². The Balaban J connectivity index is 1.90. The van der Waals surface area contributed by atoms with E-state index in [1.54, 1.807) is 18.2 Å². The number of fused-ring (bicyclic) bond motifs is 1. The molecule has 20 heavy (non-hydrogen) atoms. The molecule has 0 spiro atoms. The zero-order valence-electron chi connectivity index (χ0n) is 10.1. The van der Waals surface area contributed by atoms with Gasteiger partial charge in [0.15, 0.2) is 0 Å². The predicted octanol–water partition coefficient (Wildman–Crippen LogP) is 2.57. The number of amides is 1. The molecule has 0 aliphatic carbocycles. The van der Waals surface area contributed by atoms with Crippen LogP contribution in [0, 0.1) is 0 Å². The third-order valence-corrected chi connectivity index (χ3v) is 3.02. The first-order valence-corrected chi connectivity index (χ1v) is 6.12. The molecule has 100 valence electrons. The number of anilines is 1. The fourth-order valence-corrected chi connectivity index (χ4v) is 1.96. The molecule has 3 rings (SSSR count). The molecule has 0 bridgehead atoms. The average molecular weight is 289 g/mol. The average Bonchev–Trinajstić information content (AvgIpc) is 2.90. The number of benzene rings is 2. The number of aromatic hydroxyl groups is 1. The standard InChI is InChI=1S/C13H9ClN4O2/c14-8-2-4-12(19)11(6-8)15-13(20)7-1-3-9-10(5-7)17-18-16-9/h1-6,19H,(H,15,20)(H,16,17,18). The highest BCUT2D eigenvalue weighted by Crippen LogP contribution is 2.27. The van der Waals surface area contributed by atoms with Gasteiger partial charge in [-0.2, -0.15) is 15.4 Å². The van der Waals surface area contributed by atoms with Gasteiger partial charge in [0.1, 0.15) is 16.8 Å². The van der Waals surface area contributed by atoms with E-state index >= 15 is 0 Å². The van der Waals surface area contributed by atoms with E-state index in [0.717, 1.165) is 0 Å². The van der Waals surface area contributed by atoms with Gasteiger partial charge in [0, 0.05) is 10.6 Å². The zero-order chi connectivity index (χ0) is 14.1. The lowest BCUT2D eigenvalue weighted by atomic mass is 10.2. The molecule has 0 radical (unpaired) electrons. The van der Waals surface area contributed by atoms with Gasteiger partial charge in [-0.3, -0.25) is 4.79 Å². The first-order valence-electron chi connectivity index (χ1n) is 5.74. The minimum absolute atomic E-state index is 0.0507. The van der Waals surface area contributed by atoms with Crippen molar-refractivity contribution in [3.05, 3.63) is 47.0 Å². The van der Waals surface area contributed by atoms with E-state index in [4.69, 9.17) is 11.6 Å². The molecule has 3 N–H and O–H groups in total. The maximum atomic E-state index is 12.1. The molecule has 1 aromatic heterocycles. The van der Waals surface area contributed by atoms with Crippen molar-refractivity contribution in [1.82, 2.24) is 15.4 Å². The maximum Gasteiger partial charge on any atom is 0.255 e. The summed E-state index contributed by atoms with van der Waals surface area (Å²) in [6.45, 7) is 0. The van der Waals surface area contributed by atoms with Crippen LogP contribution in [0.1, 0.15) is 10.4 Å². The maximum absolute atomic E-state index is 12.1. The van der Waals surface area contributed by atoms with Gasteiger partial charge in [-0.25, -0.2) is 0 Å². The number of hydrogen-bond acceptors (Lipinski definition) is 4. The normalized spacial score (nSPS) is 10.7. The molecule has 0 aliphatic rings. The fraction of sp³-hybridized carbons (Fsp3) is 0. The number of hydrogen-bond donors (Lipinski definition) is 3. The van der Waals surface area contributed by atoms with E-state index < -0.39 is 0 Å². The van der Waals surface area contributed by atoms with Crippen LogP contribution in [0.25, 0.3) is 11.0 Å². The van der Waals surface area contributed by atoms with Crippen molar-refractivity contribution in [2.45, 2.75) is 0 Å². The number of halogens is 1. The second-order valence-corrected chi connectivity index (χ2v) is 4.58. The van der Waals surface area contributed by atoms with Gasteiger partial charge in [-0.05, 0) is 36.4 Å². The van der Waals surface area contributed by atoms with E-state index in [9.17, 15) is 9.90 Å². The molecular weight excluding hydrogens is 280 g/mol. The van der Waals surface area contributed by atoms with E-state index in [0.29, 0.717) is 21.6 Å². The predicted molar refractivity (Wildman–Crippen MR) is 75.0 cm³/mol. The lowest BCUT2D eigenvalue weighted by Gasteiger charge is -2.07. The third kappa shape index (κ3) is 2.28. The summed E-state index contributed by atoms with van der Waals surface area (Å²) < 4.78 is 0. The highest BCUT2D eigenvalue weighted by Gasteiger charge is 2.11. The third-order valence-electron chi connectivity index (χ3n) is 2.79. The van der Waals surface area contributed by atoms with Crippen molar-refractivity contribution in [1.29, 1.82) is 0 Å². The molecule has 0 aliphatic heterocycles. The Morgan fingerprint density at radius 2 is 1.95 bits per heavy atom. The monoisotopic (exact) mass is 288 g/mol. The van der Waals surface area contributed by atoms with Crippen LogP contribution in [0.2, 0.25) is 5.02 Å². The van der Waals surface area contributed by atoms with Gasteiger partial charge in [-0.1, -0.05) is 11.6 Å². The Morgan fingerprint density at radius 1 is 1.15 bits per heavy atom. The number of carbonyl (C=O) groups is 1. The topological polar surface area (TPSA) is 90.9 Å². The summed E-state index contributed by atoms with van der Waals surface area (Å²) >= 11 is 5.82. The number of H-pyrrole nitrogens is 1. The molecule has 1 amide bonds. The van der Waals surface area contributed by atoms with Gasteiger partial charge in [0.2, 0.25) is 0 Å². The summed E-state index contributed by atoms with van der Waals surface area (Å²) in [6.07, 6.45) is 0. The van der Waals surface area contributed by atoms with Crippen molar-refractivity contribution < 1.29 is 9.90 Å². The Morgan fingerprint density at radius 3 is 2.80 bits per heavy atom. The molecule has 0 atom stereocenters. The zero-order valence-corrected chi connectivity index (χ0v) is 10.8. The molecule has 0 unspecified atom stereocenters. The highest BCUT2D eigenvalue weighted by atomic mass is 35.5.